The van der Waals surface area contributed by atoms with E-state index in [1.807, 2.05) is 16.8 Å². The second-order valence-electron chi connectivity index (χ2n) is 5.18. The van der Waals surface area contributed by atoms with Crippen LogP contribution < -0.4 is 5.32 Å². The van der Waals surface area contributed by atoms with Crippen molar-refractivity contribution in [3.8, 4) is 0 Å². The molecular formula is C13H18N2O3S. The maximum atomic E-state index is 12.0. The van der Waals surface area contributed by atoms with Gasteiger partial charge in [-0.05, 0) is 42.2 Å². The van der Waals surface area contributed by atoms with Crippen molar-refractivity contribution in [1.82, 2.24) is 10.2 Å². The van der Waals surface area contributed by atoms with E-state index in [2.05, 4.69) is 5.32 Å². The molecule has 6 heteroatoms. The molecule has 0 radical (unpaired) electrons. The SMILES string of the molecule is CC1(C(=O)O)CCCN(C(=O)NCc2ccsc2)C1. The van der Waals surface area contributed by atoms with Crippen LogP contribution in [0.15, 0.2) is 16.8 Å². The Balaban J connectivity index is 1.90. The van der Waals surface area contributed by atoms with E-state index in [1.165, 1.54) is 0 Å². The average molecular weight is 282 g/mol. The normalized spacial score (nSPS) is 23.1. The summed E-state index contributed by atoms with van der Waals surface area (Å²) in [5, 5.41) is 16.0. The molecule has 0 aromatic carbocycles. The van der Waals surface area contributed by atoms with Crippen LogP contribution in [0, 0.1) is 5.41 Å². The van der Waals surface area contributed by atoms with Gasteiger partial charge in [-0.25, -0.2) is 4.79 Å². The first-order valence-electron chi connectivity index (χ1n) is 6.28. The Morgan fingerprint density at radius 1 is 1.58 bits per heavy atom. The zero-order valence-electron chi connectivity index (χ0n) is 10.9. The molecule has 1 aromatic rings. The molecule has 0 spiro atoms. The quantitative estimate of drug-likeness (QED) is 0.892. The molecule has 2 amide bonds. The molecular weight excluding hydrogens is 264 g/mol. The summed E-state index contributed by atoms with van der Waals surface area (Å²) in [6.07, 6.45) is 1.35. The summed E-state index contributed by atoms with van der Waals surface area (Å²) >= 11 is 1.59. The molecule has 1 aliphatic heterocycles. The van der Waals surface area contributed by atoms with E-state index in [9.17, 15) is 14.7 Å². The maximum Gasteiger partial charge on any atom is 0.317 e. The molecule has 1 fully saturated rings. The highest BCUT2D eigenvalue weighted by molar-refractivity contribution is 7.07. The van der Waals surface area contributed by atoms with Crippen LogP contribution in [0.2, 0.25) is 0 Å². The Morgan fingerprint density at radius 3 is 3.00 bits per heavy atom. The number of aliphatic carboxylic acids is 1. The Kier molecular flexibility index (Phi) is 4.09. The lowest BCUT2D eigenvalue weighted by atomic mass is 9.82. The van der Waals surface area contributed by atoms with Crippen LogP contribution in [0.5, 0.6) is 0 Å². The summed E-state index contributed by atoms with van der Waals surface area (Å²) in [5.41, 5.74) is 0.245. The van der Waals surface area contributed by atoms with Crippen LogP contribution in [0.25, 0.3) is 0 Å². The van der Waals surface area contributed by atoms with Crippen molar-refractivity contribution in [1.29, 1.82) is 0 Å². The first-order chi connectivity index (χ1) is 9.01. The van der Waals surface area contributed by atoms with Gasteiger partial charge in [-0.3, -0.25) is 4.79 Å². The maximum absolute atomic E-state index is 12.0. The minimum atomic E-state index is -0.831. The fourth-order valence-corrected chi connectivity index (χ4v) is 2.94. The lowest BCUT2D eigenvalue weighted by Gasteiger charge is -2.37. The second kappa shape index (κ2) is 5.61. The van der Waals surface area contributed by atoms with E-state index < -0.39 is 11.4 Å². The minimum Gasteiger partial charge on any atom is -0.481 e. The highest BCUT2D eigenvalue weighted by Crippen LogP contribution is 2.29. The first-order valence-corrected chi connectivity index (χ1v) is 7.23. The number of rotatable bonds is 3. The summed E-state index contributed by atoms with van der Waals surface area (Å²) in [4.78, 5) is 24.9. The Bertz CT molecular complexity index is 460. The van der Waals surface area contributed by atoms with Crippen molar-refractivity contribution in [2.45, 2.75) is 26.3 Å². The van der Waals surface area contributed by atoms with Crippen molar-refractivity contribution in [3.05, 3.63) is 22.4 Å². The third kappa shape index (κ3) is 3.26. The predicted octanol–water partition coefficient (Wildman–Crippen LogP) is 2.14. The summed E-state index contributed by atoms with van der Waals surface area (Å²) in [7, 11) is 0. The number of amides is 2. The van der Waals surface area contributed by atoms with Gasteiger partial charge in [0.25, 0.3) is 0 Å². The van der Waals surface area contributed by atoms with Gasteiger partial charge >= 0.3 is 12.0 Å². The fraction of sp³-hybridized carbons (Fsp3) is 0.538. The number of likely N-dealkylation sites (tertiary alicyclic amines) is 1. The van der Waals surface area contributed by atoms with Gasteiger partial charge in [0.2, 0.25) is 0 Å². The molecule has 0 aliphatic carbocycles. The van der Waals surface area contributed by atoms with E-state index in [4.69, 9.17) is 0 Å². The molecule has 2 N–H and O–H groups in total. The number of carboxylic acid groups (broad SMARTS) is 1. The molecule has 1 aliphatic rings. The molecule has 2 rings (SSSR count). The van der Waals surface area contributed by atoms with Crippen molar-refractivity contribution in [3.63, 3.8) is 0 Å². The average Bonchev–Trinajstić information content (AvgIpc) is 2.89. The number of thiophene rings is 1. The highest BCUT2D eigenvalue weighted by atomic mass is 32.1. The molecule has 2 heterocycles. The number of hydrogen-bond donors (Lipinski definition) is 2. The monoisotopic (exact) mass is 282 g/mol. The molecule has 19 heavy (non-hydrogen) atoms. The van der Waals surface area contributed by atoms with Gasteiger partial charge in [0.15, 0.2) is 0 Å². The van der Waals surface area contributed by atoms with E-state index >= 15 is 0 Å². The van der Waals surface area contributed by atoms with Crippen LogP contribution in [-0.2, 0) is 11.3 Å². The van der Waals surface area contributed by atoms with Gasteiger partial charge < -0.3 is 15.3 Å². The third-order valence-electron chi connectivity index (χ3n) is 3.52. The van der Waals surface area contributed by atoms with Crippen LogP contribution in [0.1, 0.15) is 25.3 Å². The number of nitrogens with one attached hydrogen (secondary N) is 1. The standard InChI is InChI=1S/C13H18N2O3S/c1-13(11(16)17)4-2-5-15(9-13)12(18)14-7-10-3-6-19-8-10/h3,6,8H,2,4-5,7,9H2,1H3,(H,14,18)(H,16,17). The lowest BCUT2D eigenvalue weighted by molar-refractivity contribution is -0.150. The second-order valence-corrected chi connectivity index (χ2v) is 5.96. The largest absolute Gasteiger partial charge is 0.481 e. The van der Waals surface area contributed by atoms with Gasteiger partial charge in [-0.15, -0.1) is 0 Å². The number of carboxylic acids is 1. The molecule has 0 bridgehead atoms. The predicted molar refractivity (Wildman–Crippen MR) is 73.1 cm³/mol. The van der Waals surface area contributed by atoms with E-state index in [1.54, 1.807) is 23.2 Å². The van der Waals surface area contributed by atoms with E-state index in [0.717, 1.165) is 12.0 Å². The van der Waals surface area contributed by atoms with Gasteiger partial charge in [-0.1, -0.05) is 0 Å². The zero-order valence-corrected chi connectivity index (χ0v) is 11.7. The Hall–Kier alpha value is -1.56. The van der Waals surface area contributed by atoms with Crippen LogP contribution in [0.4, 0.5) is 4.79 Å². The van der Waals surface area contributed by atoms with E-state index in [0.29, 0.717) is 19.5 Å². The van der Waals surface area contributed by atoms with Crippen molar-refractivity contribution >= 4 is 23.3 Å². The number of urea groups is 1. The number of carbonyl (C=O) groups excluding carboxylic acids is 1. The smallest absolute Gasteiger partial charge is 0.317 e. The number of nitrogens with zero attached hydrogens (tertiary/aromatic N) is 1. The van der Waals surface area contributed by atoms with Crippen molar-refractivity contribution in [2.75, 3.05) is 13.1 Å². The molecule has 0 saturated carbocycles. The minimum absolute atomic E-state index is 0.182. The number of piperidine rings is 1. The number of carbonyl (C=O) groups is 2. The van der Waals surface area contributed by atoms with Crippen LogP contribution in [0.3, 0.4) is 0 Å². The Morgan fingerprint density at radius 2 is 2.37 bits per heavy atom. The molecule has 1 saturated heterocycles. The van der Waals surface area contributed by atoms with Crippen molar-refractivity contribution in [2.24, 2.45) is 5.41 Å². The van der Waals surface area contributed by atoms with Gasteiger partial charge in [-0.2, -0.15) is 11.3 Å². The highest BCUT2D eigenvalue weighted by Gasteiger charge is 2.39. The van der Waals surface area contributed by atoms with Gasteiger partial charge in [0.1, 0.15) is 0 Å². The molecule has 5 nitrogen and oxygen atoms in total. The Labute approximate surface area is 116 Å². The first kappa shape index (κ1) is 13.9. The molecule has 1 aromatic heterocycles. The van der Waals surface area contributed by atoms with Crippen molar-refractivity contribution < 1.29 is 14.7 Å². The number of hydrogen-bond acceptors (Lipinski definition) is 3. The lowest BCUT2D eigenvalue weighted by Crippen LogP contribution is -2.51. The van der Waals surface area contributed by atoms with Crippen LogP contribution >= 0.6 is 11.3 Å². The summed E-state index contributed by atoms with van der Waals surface area (Å²) in [5.74, 6) is -0.831. The topological polar surface area (TPSA) is 69.6 Å². The summed E-state index contributed by atoms with van der Waals surface area (Å²) < 4.78 is 0. The molecule has 1 atom stereocenters. The van der Waals surface area contributed by atoms with E-state index in [-0.39, 0.29) is 12.6 Å². The third-order valence-corrected chi connectivity index (χ3v) is 4.26. The van der Waals surface area contributed by atoms with Gasteiger partial charge in [0, 0.05) is 19.6 Å². The van der Waals surface area contributed by atoms with Gasteiger partial charge in [0.05, 0.1) is 5.41 Å². The zero-order chi connectivity index (χ0) is 13.9. The fourth-order valence-electron chi connectivity index (χ4n) is 2.27. The molecule has 1 unspecified atom stereocenters. The summed E-state index contributed by atoms with van der Waals surface area (Å²) in [6.45, 7) is 3.09. The molecule has 104 valence electrons. The van der Waals surface area contributed by atoms with Crippen LogP contribution in [-0.4, -0.2) is 35.1 Å². The summed E-state index contributed by atoms with van der Waals surface area (Å²) in [6, 6.07) is 1.78.